The van der Waals surface area contributed by atoms with Gasteiger partial charge in [-0.15, -0.1) is 11.8 Å². The van der Waals surface area contributed by atoms with Gasteiger partial charge in [-0.25, -0.2) is 4.98 Å². The van der Waals surface area contributed by atoms with Crippen LogP contribution in [0.25, 0.3) is 16.7 Å². The average Bonchev–Trinajstić information content (AvgIpc) is 3.06. The van der Waals surface area contributed by atoms with Crippen LogP contribution in [0.5, 0.6) is 0 Å². The Labute approximate surface area is 150 Å². The van der Waals surface area contributed by atoms with Gasteiger partial charge < -0.3 is 0 Å². The molecule has 4 heteroatoms. The number of rotatable bonds is 4. The Morgan fingerprint density at radius 2 is 1.84 bits per heavy atom. The number of nitriles is 1. The van der Waals surface area contributed by atoms with Crippen LogP contribution in [0.15, 0.2) is 65.7 Å². The molecule has 0 amide bonds. The number of pyridine rings is 1. The number of aromatic nitrogens is 2. The van der Waals surface area contributed by atoms with Gasteiger partial charge in [-0.1, -0.05) is 49.4 Å². The van der Waals surface area contributed by atoms with Crippen molar-refractivity contribution < 1.29 is 0 Å². The summed E-state index contributed by atoms with van der Waals surface area (Å²) >= 11 is 1.78. The van der Waals surface area contributed by atoms with Crippen LogP contribution in [0, 0.1) is 11.3 Å². The highest BCUT2D eigenvalue weighted by Gasteiger charge is 2.16. The van der Waals surface area contributed by atoms with Gasteiger partial charge in [-0.3, -0.25) is 4.40 Å². The lowest BCUT2D eigenvalue weighted by Crippen LogP contribution is -1.99. The fourth-order valence-corrected chi connectivity index (χ4v) is 4.13. The summed E-state index contributed by atoms with van der Waals surface area (Å²) < 4.78 is 2.13. The number of benzene rings is 2. The molecule has 3 nitrogen and oxygen atoms in total. The molecule has 0 saturated carbocycles. The van der Waals surface area contributed by atoms with E-state index in [2.05, 4.69) is 53.8 Å². The van der Waals surface area contributed by atoms with Crippen LogP contribution in [0.3, 0.4) is 0 Å². The van der Waals surface area contributed by atoms with Gasteiger partial charge in [-0.05, 0) is 35.7 Å². The van der Waals surface area contributed by atoms with Gasteiger partial charge in [-0.2, -0.15) is 5.26 Å². The summed E-state index contributed by atoms with van der Waals surface area (Å²) in [6, 6.07) is 23.0. The average molecular weight is 343 g/mol. The molecule has 0 aliphatic rings. The van der Waals surface area contributed by atoms with Crippen molar-refractivity contribution in [3.8, 4) is 6.07 Å². The summed E-state index contributed by atoms with van der Waals surface area (Å²) in [5.74, 6) is 0.886. The molecule has 0 N–H and O–H groups in total. The molecule has 0 fully saturated rings. The predicted octanol–water partition coefficient (Wildman–Crippen LogP) is 5.21. The second-order valence-corrected chi connectivity index (χ2v) is 6.88. The lowest BCUT2D eigenvalue weighted by molar-refractivity contribution is 1.00. The molecule has 0 aliphatic heterocycles. The first-order valence-electron chi connectivity index (χ1n) is 8.31. The van der Waals surface area contributed by atoms with Crippen LogP contribution in [-0.4, -0.2) is 9.38 Å². The number of hydrogen-bond acceptors (Lipinski definition) is 3. The van der Waals surface area contributed by atoms with E-state index >= 15 is 0 Å². The monoisotopic (exact) mass is 343 g/mol. The molecular weight excluding hydrogens is 326 g/mol. The largest absolute Gasteiger partial charge is 0.286 e. The number of fused-ring (bicyclic) bond motifs is 3. The maximum absolute atomic E-state index is 9.66. The highest BCUT2D eigenvalue weighted by molar-refractivity contribution is 7.98. The standard InChI is InChI=1S/C21H17N3S/c1-2-16-12-20(25-14-15-8-4-3-5-9-15)24-19-11-7-6-10-18(19)23-21(24)17(16)13-22/h3-12H,2,14H2,1H3. The fraction of sp³-hybridized carbons (Fsp3) is 0.143. The Hall–Kier alpha value is -2.77. The molecule has 0 unspecified atom stereocenters. The Balaban J connectivity index is 1.91. The quantitative estimate of drug-likeness (QED) is 0.477. The molecule has 4 rings (SSSR count). The first-order valence-corrected chi connectivity index (χ1v) is 9.30. The van der Waals surface area contributed by atoms with Crippen LogP contribution < -0.4 is 0 Å². The van der Waals surface area contributed by atoms with Crippen molar-refractivity contribution in [3.63, 3.8) is 0 Å². The number of nitrogens with zero attached hydrogens (tertiary/aromatic N) is 3. The number of hydrogen-bond donors (Lipinski definition) is 0. The van der Waals surface area contributed by atoms with Crippen LogP contribution >= 0.6 is 11.8 Å². The second kappa shape index (κ2) is 6.62. The first-order chi connectivity index (χ1) is 12.3. The normalized spacial score (nSPS) is 11.0. The minimum Gasteiger partial charge on any atom is -0.286 e. The van der Waals surface area contributed by atoms with Gasteiger partial charge in [0.2, 0.25) is 0 Å². The van der Waals surface area contributed by atoms with Gasteiger partial charge in [0.1, 0.15) is 6.07 Å². The number of aryl methyl sites for hydroxylation is 1. The number of thioether (sulfide) groups is 1. The smallest absolute Gasteiger partial charge is 0.157 e. The van der Waals surface area contributed by atoms with E-state index in [1.54, 1.807) is 11.8 Å². The zero-order chi connectivity index (χ0) is 17.2. The van der Waals surface area contributed by atoms with Gasteiger partial charge >= 0.3 is 0 Å². The van der Waals surface area contributed by atoms with Crippen LogP contribution in [0.2, 0.25) is 0 Å². The van der Waals surface area contributed by atoms with E-state index in [1.807, 2.05) is 24.3 Å². The zero-order valence-corrected chi connectivity index (χ0v) is 14.8. The predicted molar refractivity (Wildman–Crippen MR) is 103 cm³/mol. The molecule has 0 aliphatic carbocycles. The van der Waals surface area contributed by atoms with Crippen LogP contribution in [-0.2, 0) is 12.2 Å². The van der Waals surface area contributed by atoms with E-state index in [0.29, 0.717) is 5.56 Å². The van der Waals surface area contributed by atoms with Crippen molar-refractivity contribution in [2.24, 2.45) is 0 Å². The van der Waals surface area contributed by atoms with Gasteiger partial charge in [0, 0.05) is 5.75 Å². The first kappa shape index (κ1) is 15.7. The molecule has 0 atom stereocenters. The maximum atomic E-state index is 9.66. The van der Waals surface area contributed by atoms with Gasteiger partial charge in [0.15, 0.2) is 5.65 Å². The molecule has 122 valence electrons. The molecule has 25 heavy (non-hydrogen) atoms. The molecule has 2 aromatic carbocycles. The summed E-state index contributed by atoms with van der Waals surface area (Å²) in [6.45, 7) is 2.08. The van der Waals surface area contributed by atoms with Crippen molar-refractivity contribution in [3.05, 3.63) is 77.4 Å². The summed E-state index contributed by atoms with van der Waals surface area (Å²) in [4.78, 5) is 4.74. The van der Waals surface area contributed by atoms with Crippen molar-refractivity contribution in [2.75, 3.05) is 0 Å². The number of para-hydroxylation sites is 2. The van der Waals surface area contributed by atoms with E-state index in [1.165, 1.54) is 5.56 Å². The molecule has 2 aromatic heterocycles. The molecular formula is C21H17N3S. The Kier molecular flexibility index (Phi) is 4.17. The Bertz CT molecular complexity index is 1090. The lowest BCUT2D eigenvalue weighted by atomic mass is 10.1. The molecule has 0 spiro atoms. The van der Waals surface area contributed by atoms with E-state index in [-0.39, 0.29) is 0 Å². The fourth-order valence-electron chi connectivity index (χ4n) is 3.08. The Morgan fingerprint density at radius 3 is 2.60 bits per heavy atom. The van der Waals surface area contributed by atoms with E-state index < -0.39 is 0 Å². The summed E-state index contributed by atoms with van der Waals surface area (Å²) in [7, 11) is 0. The van der Waals surface area contributed by atoms with Crippen LogP contribution in [0.4, 0.5) is 0 Å². The molecule has 0 bridgehead atoms. The summed E-state index contributed by atoms with van der Waals surface area (Å²) in [5.41, 5.74) is 5.76. The third kappa shape index (κ3) is 2.77. The number of imidazole rings is 1. The highest BCUT2D eigenvalue weighted by Crippen LogP contribution is 2.31. The Morgan fingerprint density at radius 1 is 1.08 bits per heavy atom. The van der Waals surface area contributed by atoms with Crippen molar-refractivity contribution in [2.45, 2.75) is 24.1 Å². The molecule has 0 saturated heterocycles. The summed E-state index contributed by atoms with van der Waals surface area (Å²) in [5, 5.41) is 10.8. The van der Waals surface area contributed by atoms with Crippen molar-refractivity contribution in [1.29, 1.82) is 5.26 Å². The summed E-state index contributed by atoms with van der Waals surface area (Å²) in [6.07, 6.45) is 0.821. The van der Waals surface area contributed by atoms with E-state index in [9.17, 15) is 5.26 Å². The highest BCUT2D eigenvalue weighted by atomic mass is 32.2. The molecule has 0 radical (unpaired) electrons. The SMILES string of the molecule is CCc1cc(SCc2ccccc2)n2c(nc3ccccc32)c1C#N. The minimum atomic E-state index is 0.683. The minimum absolute atomic E-state index is 0.683. The van der Waals surface area contributed by atoms with E-state index in [0.717, 1.165) is 39.4 Å². The zero-order valence-electron chi connectivity index (χ0n) is 13.9. The third-order valence-corrected chi connectivity index (χ3v) is 5.42. The topological polar surface area (TPSA) is 41.1 Å². The molecule has 4 aromatic rings. The van der Waals surface area contributed by atoms with Crippen molar-refractivity contribution >= 4 is 28.4 Å². The van der Waals surface area contributed by atoms with Gasteiger partial charge in [0.25, 0.3) is 0 Å². The van der Waals surface area contributed by atoms with Gasteiger partial charge in [0.05, 0.1) is 21.6 Å². The van der Waals surface area contributed by atoms with Crippen molar-refractivity contribution in [1.82, 2.24) is 9.38 Å². The maximum Gasteiger partial charge on any atom is 0.157 e. The second-order valence-electron chi connectivity index (χ2n) is 5.88. The lowest BCUT2D eigenvalue weighted by Gasteiger charge is -2.11. The van der Waals surface area contributed by atoms with E-state index in [4.69, 9.17) is 4.98 Å². The van der Waals surface area contributed by atoms with Crippen LogP contribution in [0.1, 0.15) is 23.6 Å². The third-order valence-electron chi connectivity index (χ3n) is 4.35. The molecule has 2 heterocycles.